The monoisotopic (exact) mass is 670 g/mol. The summed E-state index contributed by atoms with van der Waals surface area (Å²) >= 11 is 0. The Morgan fingerprint density at radius 3 is 1.20 bits per heavy atom. The van der Waals surface area contributed by atoms with E-state index in [1.54, 1.807) is 0 Å². The first-order chi connectivity index (χ1) is 23.2. The van der Waals surface area contributed by atoms with Gasteiger partial charge >= 0.3 is 6.18 Å². The van der Waals surface area contributed by atoms with Crippen LogP contribution < -0.4 is 26.2 Å². The van der Waals surface area contributed by atoms with Crippen LogP contribution in [0.2, 0.25) is 0 Å². The van der Waals surface area contributed by atoms with Crippen molar-refractivity contribution >= 4 is 57.2 Å². The van der Waals surface area contributed by atoms with Gasteiger partial charge in [-0.05, 0) is 105 Å². The molecule has 6 heteroatoms. The molecule has 0 bridgehead atoms. The third-order valence-electron chi connectivity index (χ3n) is 10.4. The first kappa shape index (κ1) is 34.0. The number of aryl methyl sites for hydroxylation is 1. The number of hydrogen-bond donors (Lipinski definition) is 0. The number of benzene rings is 5. The van der Waals surface area contributed by atoms with Gasteiger partial charge in [0, 0.05) is 34.1 Å². The third-order valence-corrected chi connectivity index (χ3v) is 10.4. The normalized spacial score (nSPS) is 14.4. The summed E-state index contributed by atoms with van der Waals surface area (Å²) < 4.78 is 45.0. The highest BCUT2D eigenvalue weighted by atomic mass is 19.4. The van der Waals surface area contributed by atoms with Crippen LogP contribution in [0.4, 0.5) is 47.3 Å². The van der Waals surface area contributed by atoms with E-state index in [0.717, 1.165) is 44.7 Å². The van der Waals surface area contributed by atoms with Gasteiger partial charge < -0.3 is 9.80 Å². The molecule has 5 aromatic rings. The van der Waals surface area contributed by atoms with Gasteiger partial charge in [-0.3, -0.25) is 0 Å². The number of halogens is 3. The van der Waals surface area contributed by atoms with Crippen LogP contribution in [0, 0.1) is 6.92 Å². The maximum absolute atomic E-state index is 15.0. The van der Waals surface area contributed by atoms with Gasteiger partial charge in [0.15, 0.2) is 0 Å². The fourth-order valence-electron chi connectivity index (χ4n) is 7.46. The van der Waals surface area contributed by atoms with E-state index in [4.69, 9.17) is 0 Å². The second kappa shape index (κ2) is 11.3. The molecule has 50 heavy (non-hydrogen) atoms. The molecule has 0 aliphatic carbocycles. The zero-order valence-electron chi connectivity index (χ0n) is 30.8. The minimum absolute atomic E-state index is 0.0661. The van der Waals surface area contributed by atoms with Crippen LogP contribution in [0.1, 0.15) is 90.1 Å². The minimum atomic E-state index is -4.55. The molecule has 0 spiro atoms. The zero-order valence-corrected chi connectivity index (χ0v) is 30.8. The van der Waals surface area contributed by atoms with E-state index in [2.05, 4.69) is 128 Å². The fraction of sp³-hybridized carbons (Fsp3) is 0.318. The molecule has 256 valence electrons. The standard InChI is InChI=1S/C44H46BF3N2/c1-27-11-17-32(18-12-27)49-36-21-15-29(42(5,6)7)23-34(36)45-35-24-30(43(8,9)10)16-22-37(35)50(33-19-13-28(14-20-33)41(2,3)4)39-26-31(44(46,47)48)25-38(49)40(39)45/h11-26H,1-10H3. The van der Waals surface area contributed by atoms with Crippen molar-refractivity contribution < 1.29 is 13.2 Å². The van der Waals surface area contributed by atoms with Crippen molar-refractivity contribution in [3.8, 4) is 0 Å². The summed E-state index contributed by atoms with van der Waals surface area (Å²) in [6.45, 7) is 21.5. The van der Waals surface area contributed by atoms with Gasteiger partial charge in [-0.15, -0.1) is 0 Å². The van der Waals surface area contributed by atoms with Crippen molar-refractivity contribution in [2.24, 2.45) is 0 Å². The van der Waals surface area contributed by atoms with Crippen LogP contribution >= 0.6 is 0 Å². The zero-order chi connectivity index (χ0) is 36.1. The summed E-state index contributed by atoms with van der Waals surface area (Å²) in [7, 11) is 0. The maximum Gasteiger partial charge on any atom is 0.416 e. The molecule has 0 atom stereocenters. The number of fused-ring (bicyclic) bond motifs is 4. The van der Waals surface area contributed by atoms with Crippen LogP contribution in [0.25, 0.3) is 0 Å². The highest BCUT2D eigenvalue weighted by Crippen LogP contribution is 2.47. The SMILES string of the molecule is Cc1ccc(N2c3ccc(C(C)(C)C)cc3B3c4cc(C(C)(C)C)ccc4N(c4ccc(C(C)(C)C)cc4)c4cc(C(F)(F)F)cc2c43)cc1. The molecule has 0 radical (unpaired) electrons. The lowest BCUT2D eigenvalue weighted by atomic mass is 9.33. The molecule has 0 unspecified atom stereocenters. The lowest BCUT2D eigenvalue weighted by molar-refractivity contribution is -0.137. The minimum Gasteiger partial charge on any atom is -0.311 e. The Morgan fingerprint density at radius 2 is 0.820 bits per heavy atom. The summed E-state index contributed by atoms with van der Waals surface area (Å²) in [6.07, 6.45) is -4.55. The van der Waals surface area contributed by atoms with Crippen LogP contribution in [0.3, 0.4) is 0 Å². The van der Waals surface area contributed by atoms with Crippen molar-refractivity contribution in [2.75, 3.05) is 9.80 Å². The Hall–Kier alpha value is -4.45. The summed E-state index contributed by atoms with van der Waals surface area (Å²) in [4.78, 5) is 4.11. The van der Waals surface area contributed by atoms with Gasteiger partial charge in [0.05, 0.1) is 5.56 Å². The molecule has 0 fully saturated rings. The predicted octanol–water partition coefficient (Wildman–Crippen LogP) is 11.0. The van der Waals surface area contributed by atoms with E-state index in [0.29, 0.717) is 11.4 Å². The number of rotatable bonds is 2. The van der Waals surface area contributed by atoms with Crippen LogP contribution in [-0.4, -0.2) is 6.71 Å². The highest BCUT2D eigenvalue weighted by molar-refractivity contribution is 7.00. The maximum atomic E-state index is 15.0. The quantitative estimate of drug-likeness (QED) is 0.169. The van der Waals surface area contributed by atoms with Crippen molar-refractivity contribution in [3.63, 3.8) is 0 Å². The average molecular weight is 671 g/mol. The van der Waals surface area contributed by atoms with Crippen molar-refractivity contribution in [1.82, 2.24) is 0 Å². The molecule has 2 aliphatic rings. The van der Waals surface area contributed by atoms with Crippen molar-refractivity contribution in [3.05, 3.63) is 125 Å². The van der Waals surface area contributed by atoms with E-state index >= 15 is 13.2 Å². The van der Waals surface area contributed by atoms with Crippen molar-refractivity contribution in [2.45, 2.75) is 91.7 Å². The van der Waals surface area contributed by atoms with Gasteiger partial charge in [0.2, 0.25) is 0 Å². The first-order valence-electron chi connectivity index (χ1n) is 17.5. The first-order valence-corrected chi connectivity index (χ1v) is 17.5. The van der Waals surface area contributed by atoms with Crippen LogP contribution in [0.15, 0.2) is 97.1 Å². The lowest BCUT2D eigenvalue weighted by Crippen LogP contribution is -2.61. The van der Waals surface area contributed by atoms with E-state index < -0.39 is 11.7 Å². The van der Waals surface area contributed by atoms with Gasteiger partial charge in [-0.25, -0.2) is 0 Å². The molecule has 0 N–H and O–H groups in total. The van der Waals surface area contributed by atoms with E-state index in [1.807, 2.05) is 36.1 Å². The van der Waals surface area contributed by atoms with E-state index in [1.165, 1.54) is 28.8 Å². The Balaban J connectivity index is 1.63. The summed E-state index contributed by atoms with van der Waals surface area (Å²) in [6, 6.07) is 32.3. The topological polar surface area (TPSA) is 6.48 Å². The molecule has 7 rings (SSSR count). The lowest BCUT2D eigenvalue weighted by Gasteiger charge is -2.45. The largest absolute Gasteiger partial charge is 0.416 e. The number of hydrogen-bond acceptors (Lipinski definition) is 2. The molecular weight excluding hydrogens is 624 g/mol. The van der Waals surface area contributed by atoms with E-state index in [9.17, 15) is 0 Å². The average Bonchev–Trinajstić information content (AvgIpc) is 3.03. The predicted molar refractivity (Wildman–Crippen MR) is 206 cm³/mol. The molecule has 0 saturated carbocycles. The molecule has 2 heterocycles. The summed E-state index contributed by atoms with van der Waals surface area (Å²) in [5.41, 5.74) is 11.3. The second-order valence-electron chi connectivity index (χ2n) is 17.2. The van der Waals surface area contributed by atoms with Gasteiger partial charge in [0.25, 0.3) is 6.71 Å². The molecule has 0 aromatic heterocycles. The Kier molecular flexibility index (Phi) is 7.68. The second-order valence-corrected chi connectivity index (χ2v) is 17.2. The third kappa shape index (κ3) is 5.71. The molecule has 0 amide bonds. The van der Waals surface area contributed by atoms with Crippen LogP contribution in [-0.2, 0) is 22.4 Å². The molecular formula is C44H46BF3N2. The van der Waals surface area contributed by atoms with Crippen molar-refractivity contribution in [1.29, 1.82) is 0 Å². The van der Waals surface area contributed by atoms with E-state index in [-0.39, 0.29) is 23.0 Å². The Labute approximate surface area is 296 Å². The highest BCUT2D eigenvalue weighted by Gasteiger charge is 2.46. The number of alkyl halides is 3. The van der Waals surface area contributed by atoms with Gasteiger partial charge in [-0.2, -0.15) is 13.2 Å². The molecule has 5 aromatic carbocycles. The Bertz CT molecular complexity index is 2110. The number of anilines is 6. The smallest absolute Gasteiger partial charge is 0.311 e. The molecule has 0 saturated heterocycles. The van der Waals surface area contributed by atoms with Gasteiger partial charge in [-0.1, -0.05) is 116 Å². The summed E-state index contributed by atoms with van der Waals surface area (Å²) in [5, 5.41) is 0. The van der Waals surface area contributed by atoms with Gasteiger partial charge in [0.1, 0.15) is 0 Å². The molecule has 2 nitrogen and oxygen atoms in total. The Morgan fingerprint density at radius 1 is 0.440 bits per heavy atom. The fourth-order valence-corrected chi connectivity index (χ4v) is 7.46. The molecule has 2 aliphatic heterocycles. The summed E-state index contributed by atoms with van der Waals surface area (Å²) in [5.74, 6) is 0. The number of nitrogens with zero attached hydrogens (tertiary/aromatic N) is 2. The van der Waals surface area contributed by atoms with Crippen LogP contribution in [0.5, 0.6) is 0 Å².